The first-order chi connectivity index (χ1) is 19.3. The van der Waals surface area contributed by atoms with Crippen molar-refractivity contribution in [3.8, 4) is 11.1 Å². The maximum atomic E-state index is 12.9. The van der Waals surface area contributed by atoms with Crippen LogP contribution in [0.5, 0.6) is 0 Å². The largest absolute Gasteiger partial charge is 0.478 e. The molecule has 0 bridgehead atoms. The number of hydrogen-bond acceptors (Lipinski definition) is 5. The van der Waals surface area contributed by atoms with Crippen molar-refractivity contribution >= 4 is 36.3 Å². The van der Waals surface area contributed by atoms with E-state index in [4.69, 9.17) is 0 Å². The van der Waals surface area contributed by atoms with E-state index in [9.17, 15) is 24.3 Å². The smallest absolute Gasteiger partial charge is 0.336 e. The van der Waals surface area contributed by atoms with Crippen LogP contribution in [0, 0.1) is 5.92 Å². The highest BCUT2D eigenvalue weighted by Gasteiger charge is 2.21. The quantitative estimate of drug-likeness (QED) is 0.181. The summed E-state index contributed by atoms with van der Waals surface area (Å²) in [5.41, 5.74) is 5.92. The van der Waals surface area contributed by atoms with Crippen LogP contribution in [0.4, 0.5) is 0 Å². The number of rotatable bonds is 13. The lowest BCUT2D eigenvalue weighted by molar-refractivity contribution is -0.142. The van der Waals surface area contributed by atoms with Crippen molar-refractivity contribution < 1.29 is 24.3 Å². The molecular weight excluding hydrogens is 526 g/mol. The van der Waals surface area contributed by atoms with Crippen LogP contribution in [0.15, 0.2) is 78.9 Å². The van der Waals surface area contributed by atoms with Crippen LogP contribution < -0.4 is 10.7 Å². The number of carboxylic acid groups (broad SMARTS) is 1. The third-order valence-electron chi connectivity index (χ3n) is 6.41. The van der Waals surface area contributed by atoms with Gasteiger partial charge >= 0.3 is 5.97 Å². The molecule has 0 aliphatic rings. The molecule has 0 saturated heterocycles. The zero-order valence-corrected chi connectivity index (χ0v) is 23.4. The van der Waals surface area contributed by atoms with Crippen molar-refractivity contribution in [1.82, 2.24) is 15.8 Å². The first-order valence-corrected chi connectivity index (χ1v) is 13.9. The van der Waals surface area contributed by atoms with Crippen molar-refractivity contribution in [3.05, 3.63) is 95.6 Å². The van der Waals surface area contributed by atoms with Gasteiger partial charge in [-0.15, -0.1) is 0 Å². The second-order valence-electron chi connectivity index (χ2n) is 9.45. The Morgan fingerprint density at radius 2 is 1.57 bits per heavy atom. The summed E-state index contributed by atoms with van der Waals surface area (Å²) in [7, 11) is 0. The molecule has 0 saturated carbocycles. The Morgan fingerprint density at radius 1 is 0.900 bits per heavy atom. The average molecular weight is 562 g/mol. The van der Waals surface area contributed by atoms with Crippen LogP contribution in [-0.2, 0) is 27.3 Å². The van der Waals surface area contributed by atoms with E-state index in [1.54, 1.807) is 48.5 Å². The molecule has 3 amide bonds. The molecule has 0 heterocycles. The number of unbranched alkanes of at least 4 members (excludes halogenated alkanes) is 1. The minimum Gasteiger partial charge on any atom is -0.478 e. The molecule has 40 heavy (non-hydrogen) atoms. The van der Waals surface area contributed by atoms with Crippen molar-refractivity contribution in [2.75, 3.05) is 12.3 Å². The summed E-state index contributed by atoms with van der Waals surface area (Å²) in [4.78, 5) is 49.9. The fourth-order valence-electron chi connectivity index (χ4n) is 4.19. The number of carbonyl (C=O) groups excluding carboxylic acids is 3. The average Bonchev–Trinajstić information content (AvgIpc) is 2.98. The summed E-state index contributed by atoms with van der Waals surface area (Å²) >= 11 is 4.30. The Hall–Kier alpha value is -4.11. The van der Waals surface area contributed by atoms with Gasteiger partial charge in [-0.25, -0.2) is 9.80 Å². The monoisotopic (exact) mass is 561 g/mol. The molecule has 0 fully saturated rings. The Morgan fingerprint density at radius 3 is 2.23 bits per heavy atom. The highest BCUT2D eigenvalue weighted by molar-refractivity contribution is 7.80. The fourth-order valence-corrected chi connectivity index (χ4v) is 4.48. The number of hydrogen-bond donors (Lipinski definition) is 4. The van der Waals surface area contributed by atoms with Crippen LogP contribution in [0.1, 0.15) is 47.7 Å². The Labute approximate surface area is 240 Å². The van der Waals surface area contributed by atoms with Gasteiger partial charge in [-0.2, -0.15) is 12.6 Å². The third kappa shape index (κ3) is 8.98. The van der Waals surface area contributed by atoms with E-state index in [0.717, 1.165) is 23.1 Å². The SMILES string of the molecule is CCCCC(=O)N(Cc1ccc(-c2ccccc2C(=O)O)cc1)NC(=O)CNC(=O)C(CS)Cc1ccccc1. The normalized spacial score (nSPS) is 11.3. The molecule has 1 unspecified atom stereocenters. The lowest BCUT2D eigenvalue weighted by Gasteiger charge is -2.24. The number of nitrogens with one attached hydrogen (secondary N) is 2. The van der Waals surface area contributed by atoms with E-state index in [1.807, 2.05) is 37.3 Å². The van der Waals surface area contributed by atoms with Crippen molar-refractivity contribution in [1.29, 1.82) is 0 Å². The molecule has 0 aromatic heterocycles. The standard InChI is InChI=1S/C31H35N3O5S/c1-2-3-13-29(36)34(20-23-14-16-24(17-15-23)26-11-7-8-12-27(26)31(38)39)33-28(35)19-32-30(37)25(21-40)18-22-9-5-4-6-10-22/h4-12,14-17,25,40H,2-3,13,18-21H2,1H3,(H,32,37)(H,33,35)(H,38,39). The summed E-state index contributed by atoms with van der Waals surface area (Å²) in [5.74, 6) is -2.11. The molecule has 0 spiro atoms. The second kappa shape index (κ2) is 15.5. The van der Waals surface area contributed by atoms with E-state index in [1.165, 1.54) is 5.01 Å². The number of amides is 3. The van der Waals surface area contributed by atoms with Crippen molar-refractivity contribution in [2.45, 2.75) is 39.2 Å². The summed E-state index contributed by atoms with van der Waals surface area (Å²) in [6.45, 7) is 1.82. The molecule has 0 radical (unpaired) electrons. The minimum absolute atomic E-state index is 0.121. The van der Waals surface area contributed by atoms with Crippen LogP contribution in [-0.4, -0.2) is 46.1 Å². The van der Waals surface area contributed by atoms with Gasteiger partial charge in [0, 0.05) is 12.2 Å². The highest BCUT2D eigenvalue weighted by atomic mass is 32.1. The topological polar surface area (TPSA) is 116 Å². The number of carboxylic acids is 1. The summed E-state index contributed by atoms with van der Waals surface area (Å²) in [5, 5.41) is 13.4. The number of carbonyl (C=O) groups is 4. The number of nitrogens with zero attached hydrogens (tertiary/aromatic N) is 1. The fraction of sp³-hybridized carbons (Fsp3) is 0.290. The molecule has 8 nitrogen and oxygen atoms in total. The van der Waals surface area contributed by atoms with E-state index < -0.39 is 17.8 Å². The third-order valence-corrected chi connectivity index (χ3v) is 6.85. The predicted molar refractivity (Wildman–Crippen MR) is 158 cm³/mol. The summed E-state index contributed by atoms with van der Waals surface area (Å²) in [6, 6.07) is 23.5. The lowest BCUT2D eigenvalue weighted by atomic mass is 9.99. The van der Waals surface area contributed by atoms with Gasteiger partial charge < -0.3 is 10.4 Å². The van der Waals surface area contributed by atoms with Gasteiger partial charge in [0.2, 0.25) is 11.8 Å². The van der Waals surface area contributed by atoms with Crippen LogP contribution in [0.25, 0.3) is 11.1 Å². The van der Waals surface area contributed by atoms with E-state index >= 15 is 0 Å². The second-order valence-corrected chi connectivity index (χ2v) is 9.82. The number of aromatic carboxylic acids is 1. The van der Waals surface area contributed by atoms with E-state index in [2.05, 4.69) is 23.4 Å². The molecule has 0 aliphatic carbocycles. The Balaban J connectivity index is 1.64. The molecule has 0 aliphatic heterocycles. The molecule has 3 N–H and O–H groups in total. The lowest BCUT2D eigenvalue weighted by Crippen LogP contribution is -2.49. The molecular formula is C31H35N3O5S. The molecule has 210 valence electrons. The first kappa shape index (κ1) is 30.4. The zero-order chi connectivity index (χ0) is 28.9. The summed E-state index contributed by atoms with van der Waals surface area (Å²) < 4.78 is 0. The molecule has 3 aromatic rings. The van der Waals surface area contributed by atoms with E-state index in [-0.39, 0.29) is 36.9 Å². The van der Waals surface area contributed by atoms with Gasteiger partial charge in [0.1, 0.15) is 0 Å². The predicted octanol–water partition coefficient (Wildman–Crippen LogP) is 4.51. The number of thiol groups is 1. The molecule has 1 atom stereocenters. The van der Waals surface area contributed by atoms with E-state index in [0.29, 0.717) is 24.2 Å². The van der Waals surface area contributed by atoms with Gasteiger partial charge in [-0.1, -0.05) is 86.1 Å². The number of hydrazine groups is 1. The Bertz CT molecular complexity index is 1300. The Kier molecular flexibility index (Phi) is 11.8. The van der Waals surface area contributed by atoms with Crippen LogP contribution in [0.3, 0.4) is 0 Å². The van der Waals surface area contributed by atoms with Crippen LogP contribution in [0.2, 0.25) is 0 Å². The van der Waals surface area contributed by atoms with Crippen LogP contribution >= 0.6 is 12.6 Å². The van der Waals surface area contributed by atoms with Gasteiger partial charge in [0.25, 0.3) is 5.91 Å². The zero-order valence-electron chi connectivity index (χ0n) is 22.5. The van der Waals surface area contributed by atoms with Gasteiger partial charge in [-0.3, -0.25) is 19.8 Å². The first-order valence-electron chi connectivity index (χ1n) is 13.3. The number of benzene rings is 3. The van der Waals surface area contributed by atoms with Gasteiger partial charge in [-0.05, 0) is 41.2 Å². The van der Waals surface area contributed by atoms with Gasteiger partial charge in [0.15, 0.2) is 0 Å². The minimum atomic E-state index is -1.01. The van der Waals surface area contributed by atoms with Gasteiger partial charge in [0.05, 0.1) is 24.6 Å². The van der Waals surface area contributed by atoms with Crippen molar-refractivity contribution in [2.24, 2.45) is 5.92 Å². The molecule has 9 heteroatoms. The summed E-state index contributed by atoms with van der Waals surface area (Å²) in [6.07, 6.45) is 2.28. The molecule has 3 aromatic carbocycles. The van der Waals surface area contributed by atoms with Crippen molar-refractivity contribution in [3.63, 3.8) is 0 Å². The molecule has 3 rings (SSSR count). The maximum absolute atomic E-state index is 12.9. The maximum Gasteiger partial charge on any atom is 0.336 e. The highest BCUT2D eigenvalue weighted by Crippen LogP contribution is 2.24.